The maximum Gasteiger partial charge on any atom is 0.271 e. The lowest BCUT2D eigenvalue weighted by molar-refractivity contribution is 0.0955. The number of aromatic nitrogens is 2. The molecule has 4 rings (SSSR count). The van der Waals surface area contributed by atoms with E-state index < -0.39 is 5.82 Å². The average molecular weight is 358 g/mol. The van der Waals surface area contributed by atoms with Crippen molar-refractivity contribution < 1.29 is 9.18 Å². The molecular formula is C21H15FN4O. The zero-order valence-corrected chi connectivity index (χ0v) is 14.2. The van der Waals surface area contributed by atoms with Crippen molar-refractivity contribution in [1.29, 1.82) is 0 Å². The number of hydrogen-bond acceptors (Lipinski definition) is 3. The number of H-pyrrole nitrogens is 1. The summed E-state index contributed by atoms with van der Waals surface area (Å²) in [6.07, 6.45) is 1.27. The summed E-state index contributed by atoms with van der Waals surface area (Å²) in [4.78, 5) is 20.0. The van der Waals surface area contributed by atoms with Crippen molar-refractivity contribution >= 4 is 23.2 Å². The first-order chi connectivity index (χ1) is 13.2. The van der Waals surface area contributed by atoms with Crippen molar-refractivity contribution in [3.63, 3.8) is 0 Å². The van der Waals surface area contributed by atoms with Crippen LogP contribution in [0.1, 0.15) is 15.9 Å². The van der Waals surface area contributed by atoms with Crippen LogP contribution in [0.4, 0.5) is 4.39 Å². The zero-order valence-electron chi connectivity index (χ0n) is 14.2. The Balaban J connectivity index is 1.53. The second-order valence-corrected chi connectivity index (χ2v) is 5.90. The van der Waals surface area contributed by atoms with Gasteiger partial charge in [0.05, 0.1) is 17.2 Å². The zero-order chi connectivity index (χ0) is 18.6. The van der Waals surface area contributed by atoms with Crippen molar-refractivity contribution in [2.45, 2.75) is 0 Å². The lowest BCUT2D eigenvalue weighted by Gasteiger charge is -2.00. The number of halogens is 1. The van der Waals surface area contributed by atoms with Gasteiger partial charge >= 0.3 is 0 Å². The summed E-state index contributed by atoms with van der Waals surface area (Å²) in [5, 5.41) is 3.82. The third kappa shape index (κ3) is 3.59. The van der Waals surface area contributed by atoms with Crippen LogP contribution in [-0.4, -0.2) is 22.1 Å². The minimum Gasteiger partial charge on any atom is -0.338 e. The van der Waals surface area contributed by atoms with Gasteiger partial charge in [-0.1, -0.05) is 48.5 Å². The largest absolute Gasteiger partial charge is 0.338 e. The van der Waals surface area contributed by atoms with Crippen LogP contribution in [0.25, 0.3) is 22.4 Å². The number of hydrazone groups is 1. The molecule has 6 heteroatoms. The van der Waals surface area contributed by atoms with E-state index in [2.05, 4.69) is 20.5 Å². The highest BCUT2D eigenvalue weighted by molar-refractivity contribution is 5.98. The SMILES string of the molecule is O=C(N/N=C/c1ccccc1F)c1ccc2nc(-c3ccccc3)[nH]c2c1. The molecule has 5 nitrogen and oxygen atoms in total. The van der Waals surface area contributed by atoms with Crippen molar-refractivity contribution in [2.75, 3.05) is 0 Å². The van der Waals surface area contributed by atoms with E-state index >= 15 is 0 Å². The predicted molar refractivity (Wildman–Crippen MR) is 103 cm³/mol. The van der Waals surface area contributed by atoms with Crippen molar-refractivity contribution in [2.24, 2.45) is 5.10 Å². The smallest absolute Gasteiger partial charge is 0.271 e. The Bertz CT molecular complexity index is 1140. The van der Waals surface area contributed by atoms with E-state index in [-0.39, 0.29) is 5.91 Å². The van der Waals surface area contributed by atoms with Crippen molar-refractivity contribution in [1.82, 2.24) is 15.4 Å². The molecule has 0 bridgehead atoms. The minimum atomic E-state index is -0.400. The Morgan fingerprint density at radius 2 is 1.81 bits per heavy atom. The number of amides is 1. The number of imidazole rings is 1. The highest BCUT2D eigenvalue weighted by atomic mass is 19.1. The van der Waals surface area contributed by atoms with Crippen LogP contribution in [0.5, 0.6) is 0 Å². The van der Waals surface area contributed by atoms with Gasteiger partial charge < -0.3 is 4.98 Å². The van der Waals surface area contributed by atoms with Crippen molar-refractivity contribution in [3.05, 3.63) is 89.7 Å². The first-order valence-electron chi connectivity index (χ1n) is 8.34. The van der Waals surface area contributed by atoms with Gasteiger partial charge in [-0.15, -0.1) is 0 Å². The van der Waals surface area contributed by atoms with Crippen LogP contribution in [0, 0.1) is 5.82 Å². The second-order valence-electron chi connectivity index (χ2n) is 5.90. The summed E-state index contributed by atoms with van der Waals surface area (Å²) < 4.78 is 13.5. The number of carbonyl (C=O) groups excluding carboxylic acids is 1. The first-order valence-corrected chi connectivity index (χ1v) is 8.34. The van der Waals surface area contributed by atoms with Gasteiger partial charge in [-0.05, 0) is 24.3 Å². The lowest BCUT2D eigenvalue weighted by atomic mass is 10.2. The third-order valence-corrected chi connectivity index (χ3v) is 4.07. The Hall–Kier alpha value is -3.80. The molecule has 0 unspecified atom stereocenters. The standard InChI is InChI=1S/C21H15FN4O/c22-17-9-5-4-8-16(17)13-23-26-21(27)15-10-11-18-19(12-15)25-20(24-18)14-6-2-1-3-7-14/h1-13H,(H,24,25)(H,26,27)/b23-13+. The maximum atomic E-state index is 13.5. The van der Waals surface area contributed by atoms with E-state index in [0.717, 1.165) is 22.4 Å². The fraction of sp³-hybridized carbons (Fsp3) is 0. The number of hydrogen-bond donors (Lipinski definition) is 2. The Morgan fingerprint density at radius 3 is 2.63 bits per heavy atom. The van der Waals surface area contributed by atoms with Gasteiger partial charge in [0, 0.05) is 16.7 Å². The molecule has 0 saturated carbocycles. The number of rotatable bonds is 4. The molecule has 132 valence electrons. The van der Waals surface area contributed by atoms with Crippen LogP contribution >= 0.6 is 0 Å². The van der Waals surface area contributed by atoms with Crippen LogP contribution < -0.4 is 5.43 Å². The summed E-state index contributed by atoms with van der Waals surface area (Å²) in [5.74, 6) is -0.0519. The molecule has 3 aromatic carbocycles. The molecular weight excluding hydrogens is 343 g/mol. The molecule has 1 amide bonds. The summed E-state index contributed by atoms with van der Waals surface area (Å²) in [5.41, 5.74) is 5.62. The molecule has 0 radical (unpaired) electrons. The summed E-state index contributed by atoms with van der Waals surface area (Å²) in [6, 6.07) is 21.1. The third-order valence-electron chi connectivity index (χ3n) is 4.07. The van der Waals surface area contributed by atoms with E-state index in [1.54, 1.807) is 36.4 Å². The van der Waals surface area contributed by atoms with Gasteiger partial charge in [-0.3, -0.25) is 4.79 Å². The van der Waals surface area contributed by atoms with E-state index in [0.29, 0.717) is 11.1 Å². The molecule has 0 saturated heterocycles. The molecule has 1 heterocycles. The molecule has 0 aliphatic rings. The first kappa shape index (κ1) is 16.7. The number of nitrogens with one attached hydrogen (secondary N) is 2. The number of aromatic amines is 1. The Kier molecular flexibility index (Phi) is 4.45. The number of fused-ring (bicyclic) bond motifs is 1. The number of carbonyl (C=O) groups is 1. The van der Waals surface area contributed by atoms with Crippen LogP contribution in [0.3, 0.4) is 0 Å². The Morgan fingerprint density at radius 1 is 1.04 bits per heavy atom. The van der Waals surface area contributed by atoms with E-state index in [4.69, 9.17) is 0 Å². The van der Waals surface area contributed by atoms with Gasteiger partial charge in [0.15, 0.2) is 0 Å². The molecule has 0 fully saturated rings. The van der Waals surface area contributed by atoms with E-state index in [1.807, 2.05) is 30.3 Å². The van der Waals surface area contributed by atoms with Crippen LogP contribution in [0.2, 0.25) is 0 Å². The molecule has 0 spiro atoms. The fourth-order valence-electron chi connectivity index (χ4n) is 2.69. The second kappa shape index (κ2) is 7.21. The van der Waals surface area contributed by atoms with Gasteiger partial charge in [-0.25, -0.2) is 14.8 Å². The summed E-state index contributed by atoms with van der Waals surface area (Å²) >= 11 is 0. The van der Waals surface area contributed by atoms with Gasteiger partial charge in [0.1, 0.15) is 11.6 Å². The summed E-state index contributed by atoms with van der Waals surface area (Å²) in [7, 11) is 0. The highest BCUT2D eigenvalue weighted by Crippen LogP contribution is 2.21. The quantitative estimate of drug-likeness (QED) is 0.425. The molecule has 0 aliphatic heterocycles. The van der Waals surface area contributed by atoms with Gasteiger partial charge in [0.2, 0.25) is 0 Å². The van der Waals surface area contributed by atoms with Gasteiger partial charge in [-0.2, -0.15) is 5.10 Å². The normalized spacial score (nSPS) is 11.1. The molecule has 1 aromatic heterocycles. The van der Waals surface area contributed by atoms with Crippen LogP contribution in [0.15, 0.2) is 77.9 Å². The maximum absolute atomic E-state index is 13.5. The molecule has 4 aromatic rings. The molecule has 0 atom stereocenters. The Labute approximate surface area is 154 Å². The van der Waals surface area contributed by atoms with Crippen LogP contribution in [-0.2, 0) is 0 Å². The molecule has 0 aliphatic carbocycles. The van der Waals surface area contributed by atoms with Crippen molar-refractivity contribution in [3.8, 4) is 11.4 Å². The van der Waals surface area contributed by atoms with Gasteiger partial charge in [0.25, 0.3) is 5.91 Å². The minimum absolute atomic E-state index is 0.300. The molecule has 27 heavy (non-hydrogen) atoms. The van der Waals surface area contributed by atoms with E-state index in [1.165, 1.54) is 12.3 Å². The summed E-state index contributed by atoms with van der Waals surface area (Å²) in [6.45, 7) is 0. The number of benzene rings is 3. The topological polar surface area (TPSA) is 70.1 Å². The molecule has 2 N–H and O–H groups in total. The average Bonchev–Trinajstić information content (AvgIpc) is 3.13. The fourth-order valence-corrected chi connectivity index (χ4v) is 2.69. The monoisotopic (exact) mass is 358 g/mol. The van der Waals surface area contributed by atoms with E-state index in [9.17, 15) is 9.18 Å². The highest BCUT2D eigenvalue weighted by Gasteiger charge is 2.09. The lowest BCUT2D eigenvalue weighted by Crippen LogP contribution is -2.17. The predicted octanol–water partition coefficient (Wildman–Crippen LogP) is 4.13. The number of nitrogens with zero attached hydrogens (tertiary/aromatic N) is 2.